The van der Waals surface area contributed by atoms with Crippen LogP contribution < -0.4 is 0 Å². The molecule has 0 spiro atoms. The van der Waals surface area contributed by atoms with Gasteiger partial charge in [-0.25, -0.2) is 4.79 Å². The predicted octanol–water partition coefficient (Wildman–Crippen LogP) is 4.47. The molecule has 2 aromatic carbocycles. The lowest BCUT2D eigenvalue weighted by molar-refractivity contribution is -0.136. The monoisotopic (exact) mass is 363 g/mol. The van der Waals surface area contributed by atoms with Gasteiger partial charge in [0.1, 0.15) is 0 Å². The molecule has 3 aromatic rings. The highest BCUT2D eigenvalue weighted by molar-refractivity contribution is 6.36. The van der Waals surface area contributed by atoms with Crippen molar-refractivity contribution < 1.29 is 19.8 Å². The van der Waals surface area contributed by atoms with Gasteiger partial charge >= 0.3 is 11.9 Å². The van der Waals surface area contributed by atoms with Gasteiger partial charge in [0.15, 0.2) is 0 Å². The average Bonchev–Trinajstić information content (AvgIpc) is 2.84. The molecule has 1 heterocycles. The van der Waals surface area contributed by atoms with Crippen LogP contribution in [0, 0.1) is 0 Å². The fourth-order valence-electron chi connectivity index (χ4n) is 2.64. The third-order valence-corrected chi connectivity index (χ3v) is 4.23. The first-order chi connectivity index (χ1) is 11.4. The van der Waals surface area contributed by atoms with E-state index in [9.17, 15) is 14.7 Å². The zero-order valence-corrected chi connectivity index (χ0v) is 13.6. The van der Waals surface area contributed by atoms with E-state index in [2.05, 4.69) is 4.98 Å². The van der Waals surface area contributed by atoms with Crippen LogP contribution >= 0.6 is 23.2 Å². The SMILES string of the molecule is O=C(O)Cc1c(-c2ccc(Cl)cc2Cl)[nH]c2ccc(C(=O)O)cc12. The number of hydrogen-bond donors (Lipinski definition) is 3. The molecule has 0 fully saturated rings. The highest BCUT2D eigenvalue weighted by Crippen LogP contribution is 2.36. The van der Waals surface area contributed by atoms with Crippen molar-refractivity contribution in [2.45, 2.75) is 6.42 Å². The first-order valence-corrected chi connectivity index (χ1v) is 7.67. The molecule has 0 aliphatic heterocycles. The third kappa shape index (κ3) is 2.96. The summed E-state index contributed by atoms with van der Waals surface area (Å²) in [5.41, 5.74) is 2.34. The molecule has 0 saturated carbocycles. The predicted molar refractivity (Wildman–Crippen MR) is 92.1 cm³/mol. The van der Waals surface area contributed by atoms with Crippen LogP contribution in [-0.4, -0.2) is 27.1 Å². The van der Waals surface area contributed by atoms with Crippen molar-refractivity contribution in [3.05, 3.63) is 57.6 Å². The second kappa shape index (κ2) is 6.19. The van der Waals surface area contributed by atoms with Crippen LogP contribution in [0.3, 0.4) is 0 Å². The summed E-state index contributed by atoms with van der Waals surface area (Å²) >= 11 is 12.1. The van der Waals surface area contributed by atoms with E-state index in [4.69, 9.17) is 28.3 Å². The summed E-state index contributed by atoms with van der Waals surface area (Å²) < 4.78 is 0. The van der Waals surface area contributed by atoms with E-state index >= 15 is 0 Å². The number of benzene rings is 2. The van der Waals surface area contributed by atoms with Crippen molar-refractivity contribution >= 4 is 46.0 Å². The maximum atomic E-state index is 11.3. The Morgan fingerprint density at radius 2 is 1.79 bits per heavy atom. The second-order valence-electron chi connectivity index (χ2n) is 5.24. The van der Waals surface area contributed by atoms with Crippen LogP contribution in [0.2, 0.25) is 10.0 Å². The lowest BCUT2D eigenvalue weighted by atomic mass is 10.0. The molecule has 7 heteroatoms. The Kier molecular flexibility index (Phi) is 4.22. The topological polar surface area (TPSA) is 90.4 Å². The molecule has 0 bridgehead atoms. The molecule has 0 atom stereocenters. The quantitative estimate of drug-likeness (QED) is 0.637. The summed E-state index contributed by atoms with van der Waals surface area (Å²) in [5.74, 6) is -2.10. The van der Waals surface area contributed by atoms with Crippen molar-refractivity contribution in [1.29, 1.82) is 0 Å². The van der Waals surface area contributed by atoms with E-state index in [0.29, 0.717) is 37.8 Å². The fraction of sp³-hybridized carbons (Fsp3) is 0.0588. The molecule has 0 aliphatic rings. The number of aromatic nitrogens is 1. The standard InChI is InChI=1S/C17H11Cl2NO4/c18-9-2-3-10(13(19)6-9)16-12(7-15(21)22)11-5-8(17(23)24)1-4-14(11)20-16/h1-6,20H,7H2,(H,21,22)(H,23,24). The van der Waals surface area contributed by atoms with Gasteiger partial charge in [-0.2, -0.15) is 0 Å². The molecule has 5 nitrogen and oxygen atoms in total. The van der Waals surface area contributed by atoms with Gasteiger partial charge in [-0.05, 0) is 42.0 Å². The van der Waals surface area contributed by atoms with Gasteiger partial charge in [0, 0.05) is 21.5 Å². The van der Waals surface area contributed by atoms with Crippen LogP contribution in [0.15, 0.2) is 36.4 Å². The van der Waals surface area contributed by atoms with Gasteiger partial charge in [0.25, 0.3) is 0 Å². The van der Waals surface area contributed by atoms with Crippen molar-refractivity contribution in [3.63, 3.8) is 0 Å². The number of hydrogen-bond acceptors (Lipinski definition) is 2. The number of rotatable bonds is 4. The molecule has 0 amide bonds. The molecule has 1 aromatic heterocycles. The Labute approximate surface area is 146 Å². The molecule has 3 rings (SSSR count). The van der Waals surface area contributed by atoms with E-state index in [1.54, 1.807) is 24.3 Å². The number of fused-ring (bicyclic) bond motifs is 1. The fourth-order valence-corrected chi connectivity index (χ4v) is 3.14. The Bertz CT molecular complexity index is 978. The van der Waals surface area contributed by atoms with E-state index in [0.717, 1.165) is 0 Å². The van der Waals surface area contributed by atoms with Crippen LogP contribution in [0.5, 0.6) is 0 Å². The Morgan fingerprint density at radius 1 is 1.04 bits per heavy atom. The van der Waals surface area contributed by atoms with Gasteiger partial charge < -0.3 is 15.2 Å². The molecule has 3 N–H and O–H groups in total. The maximum absolute atomic E-state index is 11.3. The highest BCUT2D eigenvalue weighted by atomic mass is 35.5. The number of halogens is 2. The molecular formula is C17H11Cl2NO4. The van der Waals surface area contributed by atoms with Crippen LogP contribution in [0.4, 0.5) is 0 Å². The van der Waals surface area contributed by atoms with Gasteiger partial charge in [0.2, 0.25) is 0 Å². The normalized spacial score (nSPS) is 10.9. The van der Waals surface area contributed by atoms with E-state index in [1.165, 1.54) is 12.1 Å². The molecule has 122 valence electrons. The Balaban J connectivity index is 2.30. The molecular weight excluding hydrogens is 353 g/mol. The van der Waals surface area contributed by atoms with Crippen molar-refractivity contribution in [2.75, 3.05) is 0 Å². The van der Waals surface area contributed by atoms with Crippen molar-refractivity contribution in [2.24, 2.45) is 0 Å². The summed E-state index contributed by atoms with van der Waals surface area (Å²) in [5, 5.41) is 19.8. The Hall–Kier alpha value is -2.50. The average molecular weight is 364 g/mol. The number of aliphatic carboxylic acids is 1. The lowest BCUT2D eigenvalue weighted by Gasteiger charge is -2.06. The molecule has 0 saturated heterocycles. The molecule has 0 unspecified atom stereocenters. The van der Waals surface area contributed by atoms with E-state index < -0.39 is 11.9 Å². The minimum absolute atomic E-state index is 0.0851. The van der Waals surface area contributed by atoms with Crippen LogP contribution in [0.1, 0.15) is 15.9 Å². The summed E-state index contributed by atoms with van der Waals surface area (Å²) in [4.78, 5) is 25.6. The zero-order chi connectivity index (χ0) is 17.4. The second-order valence-corrected chi connectivity index (χ2v) is 6.08. The van der Waals surface area contributed by atoms with Crippen molar-refractivity contribution in [3.8, 4) is 11.3 Å². The first-order valence-electron chi connectivity index (χ1n) is 6.92. The summed E-state index contributed by atoms with van der Waals surface area (Å²) in [6, 6.07) is 9.44. The van der Waals surface area contributed by atoms with E-state index in [-0.39, 0.29) is 12.0 Å². The van der Waals surface area contributed by atoms with Crippen LogP contribution in [0.25, 0.3) is 22.2 Å². The lowest BCUT2D eigenvalue weighted by Crippen LogP contribution is -2.01. The number of aromatic carboxylic acids is 1. The smallest absolute Gasteiger partial charge is 0.335 e. The summed E-state index contributed by atoms with van der Waals surface area (Å²) in [6.45, 7) is 0. The van der Waals surface area contributed by atoms with Gasteiger partial charge in [-0.1, -0.05) is 23.2 Å². The molecule has 24 heavy (non-hydrogen) atoms. The van der Waals surface area contributed by atoms with Gasteiger partial charge in [-0.3, -0.25) is 4.79 Å². The number of carboxylic acids is 2. The number of H-pyrrole nitrogens is 1. The molecule has 0 radical (unpaired) electrons. The zero-order valence-electron chi connectivity index (χ0n) is 12.1. The number of nitrogens with one attached hydrogen (secondary N) is 1. The minimum Gasteiger partial charge on any atom is -0.481 e. The summed E-state index contributed by atoms with van der Waals surface area (Å²) in [6.07, 6.45) is -0.267. The third-order valence-electron chi connectivity index (χ3n) is 3.68. The first kappa shape index (κ1) is 16.4. The minimum atomic E-state index is -1.08. The van der Waals surface area contributed by atoms with Crippen LogP contribution in [-0.2, 0) is 11.2 Å². The van der Waals surface area contributed by atoms with Crippen molar-refractivity contribution in [1.82, 2.24) is 4.98 Å². The molecule has 0 aliphatic carbocycles. The van der Waals surface area contributed by atoms with E-state index in [1.807, 2.05) is 0 Å². The van der Waals surface area contributed by atoms with Gasteiger partial charge in [-0.15, -0.1) is 0 Å². The maximum Gasteiger partial charge on any atom is 0.335 e. The number of carboxylic acid groups (broad SMARTS) is 2. The highest BCUT2D eigenvalue weighted by Gasteiger charge is 2.19. The summed E-state index contributed by atoms with van der Waals surface area (Å²) in [7, 11) is 0. The Morgan fingerprint density at radius 3 is 2.42 bits per heavy atom. The largest absolute Gasteiger partial charge is 0.481 e. The number of carbonyl (C=O) groups is 2. The number of aromatic amines is 1. The van der Waals surface area contributed by atoms with Gasteiger partial charge in [0.05, 0.1) is 22.7 Å².